The predicted molar refractivity (Wildman–Crippen MR) is 54.6 cm³/mol. The Morgan fingerprint density at radius 3 is 2.60 bits per heavy atom. The first-order valence-corrected chi connectivity index (χ1v) is 4.84. The molecule has 0 bridgehead atoms. The van der Waals surface area contributed by atoms with Gasteiger partial charge in [0, 0.05) is 13.1 Å². The molecule has 0 saturated carbocycles. The normalized spacial score (nSPS) is 17.4. The summed E-state index contributed by atoms with van der Waals surface area (Å²) < 4.78 is 10.2. The highest BCUT2D eigenvalue weighted by molar-refractivity contribution is 5.25. The number of anilines is 1. The number of nitrogens with zero attached hydrogens (tertiary/aromatic N) is 3. The third-order valence-corrected chi connectivity index (χ3v) is 2.13. The maximum absolute atomic E-state index is 5.23. The second kappa shape index (κ2) is 4.90. The fraction of sp³-hybridized carbons (Fsp3) is 0.556. The number of morpholine rings is 1. The number of hydrazine groups is 1. The van der Waals surface area contributed by atoms with E-state index in [1.165, 1.54) is 0 Å². The van der Waals surface area contributed by atoms with Crippen LogP contribution in [0.2, 0.25) is 0 Å². The third kappa shape index (κ3) is 2.77. The summed E-state index contributed by atoms with van der Waals surface area (Å²) in [5, 5.41) is 2.03. The van der Waals surface area contributed by atoms with E-state index in [4.69, 9.17) is 9.47 Å². The molecule has 6 nitrogen and oxygen atoms in total. The van der Waals surface area contributed by atoms with Gasteiger partial charge in [0.15, 0.2) is 5.75 Å². The van der Waals surface area contributed by atoms with Gasteiger partial charge in [-0.15, -0.1) is 0 Å². The van der Waals surface area contributed by atoms with Crippen LogP contribution in [0.15, 0.2) is 12.4 Å². The SMILES string of the molecule is COc1cnc(NN2CCOCC2)nc1. The number of rotatable bonds is 3. The van der Waals surface area contributed by atoms with Gasteiger partial charge in [-0.05, 0) is 0 Å². The quantitative estimate of drug-likeness (QED) is 0.766. The van der Waals surface area contributed by atoms with E-state index in [1.807, 2.05) is 5.01 Å². The molecule has 0 amide bonds. The predicted octanol–water partition coefficient (Wildman–Crippen LogP) is 0.144. The number of aromatic nitrogens is 2. The van der Waals surface area contributed by atoms with Gasteiger partial charge in [-0.1, -0.05) is 0 Å². The van der Waals surface area contributed by atoms with Gasteiger partial charge in [0.05, 0.1) is 32.7 Å². The second-order valence-electron chi connectivity index (χ2n) is 3.16. The van der Waals surface area contributed by atoms with Gasteiger partial charge in [0.1, 0.15) is 0 Å². The minimum atomic E-state index is 0.581. The maximum Gasteiger partial charge on any atom is 0.237 e. The first-order chi connectivity index (χ1) is 7.38. The van der Waals surface area contributed by atoms with Crippen molar-refractivity contribution in [2.75, 3.05) is 38.8 Å². The topological polar surface area (TPSA) is 59.5 Å². The zero-order chi connectivity index (χ0) is 10.5. The van der Waals surface area contributed by atoms with Gasteiger partial charge in [0.25, 0.3) is 0 Å². The van der Waals surface area contributed by atoms with Crippen molar-refractivity contribution < 1.29 is 9.47 Å². The zero-order valence-corrected chi connectivity index (χ0v) is 8.64. The van der Waals surface area contributed by atoms with E-state index >= 15 is 0 Å². The Balaban J connectivity index is 1.91. The Labute approximate surface area is 88.2 Å². The molecular weight excluding hydrogens is 196 g/mol. The van der Waals surface area contributed by atoms with Crippen LogP contribution in [-0.2, 0) is 4.74 Å². The van der Waals surface area contributed by atoms with Crippen molar-refractivity contribution in [2.45, 2.75) is 0 Å². The lowest BCUT2D eigenvalue weighted by molar-refractivity contribution is 0.0492. The fourth-order valence-corrected chi connectivity index (χ4v) is 1.30. The molecule has 1 saturated heterocycles. The Morgan fingerprint density at radius 1 is 1.33 bits per heavy atom. The van der Waals surface area contributed by atoms with E-state index in [-0.39, 0.29) is 0 Å². The molecule has 1 aliphatic heterocycles. The summed E-state index contributed by atoms with van der Waals surface area (Å²) in [6, 6.07) is 0. The smallest absolute Gasteiger partial charge is 0.237 e. The highest BCUT2D eigenvalue weighted by Crippen LogP contribution is 2.08. The van der Waals surface area contributed by atoms with Crippen molar-refractivity contribution in [3.8, 4) is 5.75 Å². The number of hydrogen-bond donors (Lipinski definition) is 1. The summed E-state index contributed by atoms with van der Waals surface area (Å²) in [5.41, 5.74) is 3.11. The number of ether oxygens (including phenoxy) is 2. The van der Waals surface area contributed by atoms with E-state index in [0.29, 0.717) is 11.7 Å². The molecule has 0 aliphatic carbocycles. The third-order valence-electron chi connectivity index (χ3n) is 2.13. The van der Waals surface area contributed by atoms with E-state index in [2.05, 4.69) is 15.4 Å². The van der Waals surface area contributed by atoms with Crippen molar-refractivity contribution in [1.82, 2.24) is 15.0 Å². The van der Waals surface area contributed by atoms with Crippen LogP contribution in [0, 0.1) is 0 Å². The van der Waals surface area contributed by atoms with Crippen molar-refractivity contribution >= 4 is 5.95 Å². The molecule has 6 heteroatoms. The van der Waals surface area contributed by atoms with Crippen LogP contribution >= 0.6 is 0 Å². The average molecular weight is 210 g/mol. The zero-order valence-electron chi connectivity index (χ0n) is 8.64. The Morgan fingerprint density at radius 2 is 2.00 bits per heavy atom. The summed E-state index contributed by atoms with van der Waals surface area (Å²) in [6.07, 6.45) is 3.27. The highest BCUT2D eigenvalue weighted by atomic mass is 16.5. The molecule has 1 aromatic rings. The fourth-order valence-electron chi connectivity index (χ4n) is 1.30. The van der Waals surface area contributed by atoms with Crippen molar-refractivity contribution in [1.29, 1.82) is 0 Å². The molecule has 0 aromatic carbocycles. The summed E-state index contributed by atoms with van der Waals surface area (Å²) in [5.74, 6) is 1.24. The minimum Gasteiger partial charge on any atom is -0.494 e. The monoisotopic (exact) mass is 210 g/mol. The van der Waals surface area contributed by atoms with E-state index in [9.17, 15) is 0 Å². The van der Waals surface area contributed by atoms with E-state index < -0.39 is 0 Å². The molecule has 0 atom stereocenters. The van der Waals surface area contributed by atoms with Crippen LogP contribution in [0.4, 0.5) is 5.95 Å². The molecule has 0 radical (unpaired) electrons. The van der Waals surface area contributed by atoms with Gasteiger partial charge in [-0.2, -0.15) is 0 Å². The van der Waals surface area contributed by atoms with Gasteiger partial charge in [-0.25, -0.2) is 15.0 Å². The summed E-state index contributed by atoms with van der Waals surface area (Å²) in [7, 11) is 1.59. The molecule has 2 heterocycles. The molecule has 82 valence electrons. The Bertz CT molecular complexity index is 297. The van der Waals surface area contributed by atoms with Crippen LogP contribution in [0.5, 0.6) is 5.75 Å². The Hall–Kier alpha value is -1.40. The molecule has 1 aliphatic rings. The van der Waals surface area contributed by atoms with Crippen LogP contribution in [0.3, 0.4) is 0 Å². The average Bonchev–Trinajstić information content (AvgIpc) is 2.31. The van der Waals surface area contributed by atoms with E-state index in [0.717, 1.165) is 26.3 Å². The van der Waals surface area contributed by atoms with Crippen LogP contribution < -0.4 is 10.2 Å². The first-order valence-electron chi connectivity index (χ1n) is 4.84. The number of methoxy groups -OCH3 is 1. The molecule has 1 aromatic heterocycles. The lowest BCUT2D eigenvalue weighted by atomic mass is 10.5. The second-order valence-corrected chi connectivity index (χ2v) is 3.16. The molecule has 15 heavy (non-hydrogen) atoms. The number of hydrogen-bond acceptors (Lipinski definition) is 6. The molecule has 2 rings (SSSR count). The molecule has 0 spiro atoms. The molecule has 0 unspecified atom stereocenters. The molecule has 1 fully saturated rings. The molecular formula is C9H14N4O2. The van der Waals surface area contributed by atoms with Crippen LogP contribution in [-0.4, -0.2) is 48.4 Å². The van der Waals surface area contributed by atoms with Gasteiger partial charge in [0.2, 0.25) is 5.95 Å². The summed E-state index contributed by atoms with van der Waals surface area (Å²) in [6.45, 7) is 3.16. The van der Waals surface area contributed by atoms with Crippen LogP contribution in [0.1, 0.15) is 0 Å². The largest absolute Gasteiger partial charge is 0.494 e. The van der Waals surface area contributed by atoms with Gasteiger partial charge in [-0.3, -0.25) is 5.43 Å². The lowest BCUT2D eigenvalue weighted by Gasteiger charge is -2.26. The first kappa shape index (κ1) is 10.1. The maximum atomic E-state index is 5.23. The van der Waals surface area contributed by atoms with Crippen molar-refractivity contribution in [2.24, 2.45) is 0 Å². The van der Waals surface area contributed by atoms with Crippen molar-refractivity contribution in [3.63, 3.8) is 0 Å². The lowest BCUT2D eigenvalue weighted by Crippen LogP contribution is -2.40. The van der Waals surface area contributed by atoms with Crippen molar-refractivity contribution in [3.05, 3.63) is 12.4 Å². The standard InChI is InChI=1S/C9H14N4O2/c1-14-8-6-10-9(11-7-8)12-13-2-4-15-5-3-13/h6-7H,2-5H2,1H3,(H,10,11,12). The van der Waals surface area contributed by atoms with Gasteiger partial charge < -0.3 is 9.47 Å². The van der Waals surface area contributed by atoms with E-state index in [1.54, 1.807) is 19.5 Å². The van der Waals surface area contributed by atoms with Crippen LogP contribution in [0.25, 0.3) is 0 Å². The minimum absolute atomic E-state index is 0.581. The summed E-state index contributed by atoms with van der Waals surface area (Å²) >= 11 is 0. The van der Waals surface area contributed by atoms with Gasteiger partial charge >= 0.3 is 0 Å². The molecule has 1 N–H and O–H groups in total. The number of nitrogens with one attached hydrogen (secondary N) is 1. The highest BCUT2D eigenvalue weighted by Gasteiger charge is 2.10. The summed E-state index contributed by atoms with van der Waals surface area (Å²) in [4.78, 5) is 8.23. The Kier molecular flexibility index (Phi) is 3.31.